The molecule has 0 saturated carbocycles. The number of sulfonamides is 1. The van der Waals surface area contributed by atoms with Crippen molar-refractivity contribution in [2.45, 2.75) is 4.90 Å². The first-order valence-electron chi connectivity index (χ1n) is 6.24. The van der Waals surface area contributed by atoms with Gasteiger partial charge in [-0.1, -0.05) is 52.5 Å². The zero-order chi connectivity index (χ0) is 18.1. The molecule has 4 nitrogen and oxygen atoms in total. The van der Waals surface area contributed by atoms with E-state index in [1.807, 2.05) is 0 Å². The molecule has 24 heavy (non-hydrogen) atoms. The Morgan fingerprint density at radius 2 is 1.50 bits per heavy atom. The van der Waals surface area contributed by atoms with Crippen LogP contribution in [0.5, 0.6) is 0 Å². The van der Waals surface area contributed by atoms with Crippen molar-refractivity contribution in [1.29, 1.82) is 0 Å². The van der Waals surface area contributed by atoms with Gasteiger partial charge in [-0.2, -0.15) is 0 Å². The third-order valence-electron chi connectivity index (χ3n) is 2.93. The van der Waals surface area contributed by atoms with Gasteiger partial charge in [-0.25, -0.2) is 8.42 Å². The van der Waals surface area contributed by atoms with E-state index in [9.17, 15) is 13.2 Å². The van der Waals surface area contributed by atoms with E-state index in [-0.39, 0.29) is 30.7 Å². The molecule has 0 saturated heterocycles. The molecule has 0 N–H and O–H groups in total. The molecule has 0 aliphatic heterocycles. The molecule has 0 radical (unpaired) electrons. The Morgan fingerprint density at radius 1 is 0.917 bits per heavy atom. The van der Waals surface area contributed by atoms with Gasteiger partial charge in [0.1, 0.15) is 6.54 Å². The SMILES string of the molecule is O=C(Cl)CN(c1c(Cl)cccc1Cl)S(=O)(=O)c1ccc(Cl)c(Cl)c1. The Morgan fingerprint density at radius 3 is 2.00 bits per heavy atom. The average Bonchev–Trinajstić information content (AvgIpc) is 2.48. The maximum absolute atomic E-state index is 12.9. The predicted octanol–water partition coefficient (Wildman–Crippen LogP) is 5.26. The highest BCUT2D eigenvalue weighted by Crippen LogP contribution is 2.37. The summed E-state index contributed by atoms with van der Waals surface area (Å²) in [5, 5.41) is -0.589. The second-order valence-electron chi connectivity index (χ2n) is 4.51. The molecule has 2 aromatic rings. The molecule has 128 valence electrons. The van der Waals surface area contributed by atoms with E-state index in [1.165, 1.54) is 24.3 Å². The summed E-state index contributed by atoms with van der Waals surface area (Å²) in [7, 11) is -4.22. The highest BCUT2D eigenvalue weighted by Gasteiger charge is 2.30. The fraction of sp³-hybridized carbons (Fsp3) is 0.0714. The lowest BCUT2D eigenvalue weighted by Gasteiger charge is -2.25. The Hall–Kier alpha value is -0.690. The van der Waals surface area contributed by atoms with Gasteiger partial charge in [0.05, 0.1) is 30.7 Å². The summed E-state index contributed by atoms with van der Waals surface area (Å²) in [6.07, 6.45) is 0. The van der Waals surface area contributed by atoms with Crippen LogP contribution in [-0.4, -0.2) is 20.2 Å². The normalized spacial score (nSPS) is 11.4. The van der Waals surface area contributed by atoms with Crippen LogP contribution in [-0.2, 0) is 14.8 Å². The minimum Gasteiger partial charge on any atom is -0.279 e. The molecular weight excluding hydrogens is 439 g/mol. The van der Waals surface area contributed by atoms with Crippen LogP contribution >= 0.6 is 58.0 Å². The summed E-state index contributed by atoms with van der Waals surface area (Å²) in [6, 6.07) is 8.17. The Balaban J connectivity index is 2.67. The van der Waals surface area contributed by atoms with Crippen molar-refractivity contribution in [2.24, 2.45) is 0 Å². The minimum absolute atomic E-state index is 0.0418. The molecule has 0 atom stereocenters. The number of nitrogens with zero attached hydrogens (tertiary/aromatic N) is 1. The molecule has 0 aromatic heterocycles. The van der Waals surface area contributed by atoms with Crippen LogP contribution in [0.3, 0.4) is 0 Å². The molecule has 0 aliphatic carbocycles. The van der Waals surface area contributed by atoms with Crippen molar-refractivity contribution in [3.05, 3.63) is 56.5 Å². The summed E-state index contributed by atoms with van der Waals surface area (Å²) in [4.78, 5) is 11.2. The van der Waals surface area contributed by atoms with Crippen molar-refractivity contribution >= 4 is 79.0 Å². The van der Waals surface area contributed by atoms with Crippen LogP contribution in [0.25, 0.3) is 0 Å². The molecule has 0 fully saturated rings. The van der Waals surface area contributed by atoms with Gasteiger partial charge in [0.25, 0.3) is 10.0 Å². The molecule has 0 bridgehead atoms. The quantitative estimate of drug-likeness (QED) is 0.588. The first kappa shape index (κ1) is 19.6. The Labute approximate surface area is 163 Å². The summed E-state index contributed by atoms with van der Waals surface area (Å²) in [5.74, 6) is 0. The standard InChI is InChI=1S/C14H8Cl5NO3S/c15-9-5-4-8(6-12(9)18)24(22,23)20(7-13(19)21)14-10(16)2-1-3-11(14)17/h1-6H,7H2. The van der Waals surface area contributed by atoms with E-state index < -0.39 is 21.8 Å². The third kappa shape index (κ3) is 4.10. The maximum Gasteiger partial charge on any atom is 0.264 e. The minimum atomic E-state index is -4.22. The predicted molar refractivity (Wildman–Crippen MR) is 98.3 cm³/mol. The number of para-hydroxylation sites is 1. The summed E-state index contributed by atoms with van der Waals surface area (Å²) < 4.78 is 26.6. The van der Waals surface area contributed by atoms with Gasteiger partial charge in [0.15, 0.2) is 0 Å². The molecule has 0 spiro atoms. The topological polar surface area (TPSA) is 54.5 Å². The van der Waals surface area contributed by atoms with E-state index in [0.717, 1.165) is 10.4 Å². The molecule has 10 heteroatoms. The van der Waals surface area contributed by atoms with Crippen molar-refractivity contribution in [1.82, 2.24) is 0 Å². The molecule has 2 rings (SSSR count). The van der Waals surface area contributed by atoms with Crippen LogP contribution < -0.4 is 4.31 Å². The first-order valence-corrected chi connectivity index (χ1v) is 9.57. The number of hydrogen-bond donors (Lipinski definition) is 0. The molecule has 0 heterocycles. The second-order valence-corrected chi connectivity index (χ2v) is 8.43. The number of rotatable bonds is 5. The summed E-state index contributed by atoms with van der Waals surface area (Å²) in [5.41, 5.74) is -0.0547. The van der Waals surface area contributed by atoms with Gasteiger partial charge in [0.2, 0.25) is 5.24 Å². The lowest BCUT2D eigenvalue weighted by Crippen LogP contribution is -2.35. The van der Waals surface area contributed by atoms with E-state index in [4.69, 9.17) is 58.0 Å². The molecule has 0 amide bonds. The highest BCUT2D eigenvalue weighted by molar-refractivity contribution is 7.93. The van der Waals surface area contributed by atoms with Crippen LogP contribution in [0.15, 0.2) is 41.3 Å². The first-order chi connectivity index (χ1) is 11.1. The van der Waals surface area contributed by atoms with Crippen LogP contribution in [0.1, 0.15) is 0 Å². The summed E-state index contributed by atoms with van der Waals surface area (Å²) in [6.45, 7) is -0.659. The van der Waals surface area contributed by atoms with E-state index in [0.29, 0.717) is 0 Å². The number of benzene rings is 2. The lowest BCUT2D eigenvalue weighted by molar-refractivity contribution is -0.110. The van der Waals surface area contributed by atoms with Crippen molar-refractivity contribution in [2.75, 3.05) is 10.8 Å². The smallest absolute Gasteiger partial charge is 0.264 e. The van der Waals surface area contributed by atoms with Crippen molar-refractivity contribution in [3.8, 4) is 0 Å². The van der Waals surface area contributed by atoms with Crippen molar-refractivity contribution in [3.63, 3.8) is 0 Å². The average molecular weight is 448 g/mol. The fourth-order valence-electron chi connectivity index (χ4n) is 1.89. The Kier molecular flexibility index (Phi) is 6.29. The van der Waals surface area contributed by atoms with Gasteiger partial charge in [-0.3, -0.25) is 9.10 Å². The molecular formula is C14H8Cl5NO3S. The Bertz CT molecular complexity index is 881. The van der Waals surface area contributed by atoms with Crippen LogP contribution in [0, 0.1) is 0 Å². The number of halogens is 5. The monoisotopic (exact) mass is 445 g/mol. The van der Waals surface area contributed by atoms with Crippen molar-refractivity contribution < 1.29 is 13.2 Å². The van der Waals surface area contributed by atoms with E-state index in [1.54, 1.807) is 6.07 Å². The van der Waals surface area contributed by atoms with Gasteiger partial charge < -0.3 is 0 Å². The molecule has 2 aromatic carbocycles. The van der Waals surface area contributed by atoms with E-state index in [2.05, 4.69) is 0 Å². The zero-order valence-electron chi connectivity index (χ0n) is 11.6. The number of carbonyl (C=O) groups excluding carboxylic acids is 1. The molecule has 0 unspecified atom stereocenters. The highest BCUT2D eigenvalue weighted by atomic mass is 35.5. The zero-order valence-corrected chi connectivity index (χ0v) is 16.2. The number of hydrogen-bond acceptors (Lipinski definition) is 3. The van der Waals surface area contributed by atoms with E-state index >= 15 is 0 Å². The van der Waals surface area contributed by atoms with Crippen LogP contribution in [0.2, 0.25) is 20.1 Å². The van der Waals surface area contributed by atoms with Gasteiger partial charge in [-0.15, -0.1) is 0 Å². The van der Waals surface area contributed by atoms with Gasteiger partial charge in [-0.05, 0) is 41.9 Å². The van der Waals surface area contributed by atoms with Gasteiger partial charge in [0, 0.05) is 0 Å². The second kappa shape index (κ2) is 7.68. The maximum atomic E-state index is 12.9. The summed E-state index contributed by atoms with van der Waals surface area (Å²) >= 11 is 29.2. The third-order valence-corrected chi connectivity index (χ3v) is 6.14. The van der Waals surface area contributed by atoms with Crippen LogP contribution in [0.4, 0.5) is 5.69 Å². The fourth-order valence-corrected chi connectivity index (χ4v) is 4.63. The lowest BCUT2D eigenvalue weighted by atomic mass is 10.3. The largest absolute Gasteiger partial charge is 0.279 e. The van der Waals surface area contributed by atoms with Gasteiger partial charge >= 0.3 is 0 Å². The molecule has 0 aliphatic rings. The number of carbonyl (C=O) groups is 1. The number of anilines is 1.